The molecule has 10 rings (SSSR count). The average Bonchev–Trinajstić information content (AvgIpc) is 3.82. The molecule has 0 aliphatic rings. The van der Waals surface area contributed by atoms with Crippen LogP contribution in [0, 0.1) is 26.0 Å². The summed E-state index contributed by atoms with van der Waals surface area (Å²) in [6.45, 7) is 13.5. The molecule has 0 bridgehead atoms. The number of aromatic nitrogens is 3. The summed E-state index contributed by atoms with van der Waals surface area (Å²) in [6, 6.07) is 53.0. The van der Waals surface area contributed by atoms with Gasteiger partial charge in [-0.1, -0.05) is 111 Å². The summed E-state index contributed by atoms with van der Waals surface area (Å²) >= 11 is 0.138. The van der Waals surface area contributed by atoms with Crippen LogP contribution in [-0.2, 0) is 20.1 Å². The Kier molecular flexibility index (Phi) is 12.0. The van der Waals surface area contributed by atoms with E-state index in [2.05, 4.69) is 202 Å². The van der Waals surface area contributed by atoms with Gasteiger partial charge in [0.05, 0.1) is 16.9 Å². The van der Waals surface area contributed by atoms with Crippen LogP contribution in [-0.4, -0.2) is 27.8 Å². The third kappa shape index (κ3) is 8.14. The van der Waals surface area contributed by atoms with E-state index in [1.807, 2.05) is 23.6 Å². The van der Waals surface area contributed by atoms with Gasteiger partial charge in [0, 0.05) is 30.5 Å². The summed E-state index contributed by atoms with van der Waals surface area (Å²) in [5.74, 6) is 8.84. The molecule has 0 amide bonds. The van der Waals surface area contributed by atoms with Crippen LogP contribution >= 0.6 is 11.3 Å². The summed E-state index contributed by atoms with van der Waals surface area (Å²) in [5.41, 5.74) is 11.8. The zero-order chi connectivity index (χ0) is 41.9. The largest absolute Gasteiger partial charge is 0.333 e. The van der Waals surface area contributed by atoms with Gasteiger partial charge in [-0.2, -0.15) is 11.3 Å². The fraction of sp³-hybridized carbons (Fsp3) is 0.200. The van der Waals surface area contributed by atoms with E-state index >= 15 is 0 Å². The van der Waals surface area contributed by atoms with Crippen LogP contribution in [0.2, 0.25) is 17.3 Å². The second-order valence-electron chi connectivity index (χ2n) is 17.9. The quantitative estimate of drug-likeness (QED) is 0.0944. The molecule has 0 atom stereocenters. The predicted molar refractivity (Wildman–Crippen MR) is 262 cm³/mol. The normalized spacial score (nSPS) is 11.9. The third-order valence-corrected chi connectivity index (χ3v) is 17.2. The molecule has 0 N–H and O–H groups in total. The van der Waals surface area contributed by atoms with Crippen molar-refractivity contribution in [3.8, 4) is 28.3 Å². The number of aryl methyl sites for hydroxylation is 2. The minimum absolute atomic E-state index is 0. The standard InChI is InChI=1S/C40H33N2S.C15H18GeN.Ir/c1-23(2)32-20-25(5)21-33(24(3)4)38(32)42-36-13-9-8-12-35(36)41-40(42)27-15-19-37-34(22-27)31-18-17-29-28-11-7-6-10-26(28)14-16-30(29)39(31)43-37;1-12-5-7-13(8-6-12)15-10-9-14(11-17-15)16(2,3)4;/h6-14,16-24H,1-5H3;5-7,9-11H,1-4H3;/q2*-1;. The van der Waals surface area contributed by atoms with Gasteiger partial charge in [-0.25, -0.2) is 0 Å². The van der Waals surface area contributed by atoms with Gasteiger partial charge in [0.15, 0.2) is 0 Å². The second kappa shape index (κ2) is 17.1. The maximum Gasteiger partial charge on any atom is 0.0774 e. The Balaban J connectivity index is 0.000000241. The molecule has 3 heterocycles. The summed E-state index contributed by atoms with van der Waals surface area (Å²) in [5, 5.41) is 7.77. The van der Waals surface area contributed by atoms with E-state index in [0.29, 0.717) is 11.8 Å². The molecule has 10 aromatic rings. The van der Waals surface area contributed by atoms with E-state index in [-0.39, 0.29) is 20.1 Å². The van der Waals surface area contributed by atoms with E-state index in [0.717, 1.165) is 33.7 Å². The first-order valence-corrected chi connectivity index (χ1v) is 29.3. The van der Waals surface area contributed by atoms with Crippen molar-refractivity contribution in [1.29, 1.82) is 0 Å². The molecule has 0 unspecified atom stereocenters. The fourth-order valence-corrected chi connectivity index (χ4v) is 11.8. The van der Waals surface area contributed by atoms with Crippen LogP contribution in [0.1, 0.15) is 61.8 Å². The van der Waals surface area contributed by atoms with Crippen molar-refractivity contribution in [1.82, 2.24) is 14.5 Å². The summed E-state index contributed by atoms with van der Waals surface area (Å²) in [6.07, 6.45) is 2.04. The number of hydrogen-bond acceptors (Lipinski definition) is 3. The van der Waals surface area contributed by atoms with E-state index < -0.39 is 13.3 Å². The van der Waals surface area contributed by atoms with E-state index in [4.69, 9.17) is 4.98 Å². The van der Waals surface area contributed by atoms with Gasteiger partial charge < -0.3 is 4.57 Å². The molecule has 0 fully saturated rings. The summed E-state index contributed by atoms with van der Waals surface area (Å²) in [4.78, 5) is 9.83. The molecular formula is C55H51GeIrN3S-2. The number of nitrogens with zero attached hydrogens (tertiary/aromatic N) is 3. The molecule has 0 aliphatic heterocycles. The van der Waals surface area contributed by atoms with Crippen LogP contribution in [0.3, 0.4) is 0 Å². The Morgan fingerprint density at radius 2 is 1.30 bits per heavy atom. The number of rotatable bonds is 6. The molecule has 6 heteroatoms. The van der Waals surface area contributed by atoms with Gasteiger partial charge in [-0.15, -0.1) is 23.8 Å². The fourth-order valence-electron chi connectivity index (χ4n) is 8.46. The molecule has 0 spiro atoms. The van der Waals surface area contributed by atoms with Crippen molar-refractivity contribution >= 4 is 81.7 Å². The topological polar surface area (TPSA) is 30.7 Å². The van der Waals surface area contributed by atoms with Crippen molar-refractivity contribution in [2.75, 3.05) is 0 Å². The van der Waals surface area contributed by atoms with Crippen LogP contribution in [0.15, 0.2) is 134 Å². The maximum atomic E-state index is 5.27. The van der Waals surface area contributed by atoms with Gasteiger partial charge in [-0.3, -0.25) is 4.98 Å². The molecule has 307 valence electrons. The number of imidazole rings is 1. The minimum Gasteiger partial charge on any atom is -0.333 e. The Morgan fingerprint density at radius 3 is 1.98 bits per heavy atom. The van der Waals surface area contributed by atoms with Crippen LogP contribution < -0.4 is 4.40 Å². The van der Waals surface area contributed by atoms with Gasteiger partial charge >= 0.3 is 106 Å². The number of pyridine rings is 1. The number of benzene rings is 7. The van der Waals surface area contributed by atoms with Crippen LogP contribution in [0.25, 0.3) is 81.1 Å². The molecule has 0 saturated carbocycles. The monoisotopic (exact) mass is 1050 g/mol. The minimum atomic E-state index is -1.73. The predicted octanol–water partition coefficient (Wildman–Crippen LogP) is 15.1. The Bertz CT molecular complexity index is 3180. The molecule has 7 aromatic carbocycles. The first kappa shape index (κ1) is 42.8. The summed E-state index contributed by atoms with van der Waals surface area (Å²) < 4.78 is 6.44. The molecule has 1 radical (unpaired) electrons. The van der Waals surface area contributed by atoms with E-state index in [1.165, 1.54) is 74.1 Å². The van der Waals surface area contributed by atoms with Gasteiger partial charge in [0.25, 0.3) is 0 Å². The van der Waals surface area contributed by atoms with Gasteiger partial charge in [0.1, 0.15) is 0 Å². The average molecular weight is 1050 g/mol. The zero-order valence-electron chi connectivity index (χ0n) is 36.4. The Labute approximate surface area is 380 Å². The first-order chi connectivity index (χ1) is 28.9. The first-order valence-electron chi connectivity index (χ1n) is 21.1. The smallest absolute Gasteiger partial charge is 0.0774 e. The van der Waals surface area contributed by atoms with Crippen molar-refractivity contribution < 1.29 is 20.1 Å². The Morgan fingerprint density at radius 1 is 0.623 bits per heavy atom. The Hall–Kier alpha value is -4.91. The van der Waals surface area contributed by atoms with E-state index in [9.17, 15) is 0 Å². The third-order valence-electron chi connectivity index (χ3n) is 11.7. The van der Waals surface area contributed by atoms with Crippen LogP contribution in [0.5, 0.6) is 0 Å². The van der Waals surface area contributed by atoms with Gasteiger partial charge in [-0.05, 0) is 73.7 Å². The number of thiophene rings is 1. The number of para-hydroxylation sites is 2. The van der Waals surface area contributed by atoms with Crippen LogP contribution in [0.4, 0.5) is 0 Å². The van der Waals surface area contributed by atoms with Crippen molar-refractivity contribution in [3.63, 3.8) is 0 Å². The zero-order valence-corrected chi connectivity index (χ0v) is 41.7. The molecule has 0 saturated heterocycles. The van der Waals surface area contributed by atoms with Crippen molar-refractivity contribution in [2.24, 2.45) is 0 Å². The molecule has 3 nitrogen and oxygen atoms in total. The maximum absolute atomic E-state index is 5.27. The molecular weight excluding hydrogens is 1000 g/mol. The van der Waals surface area contributed by atoms with Gasteiger partial charge in [0.2, 0.25) is 0 Å². The van der Waals surface area contributed by atoms with E-state index in [1.54, 1.807) is 0 Å². The van der Waals surface area contributed by atoms with Crippen molar-refractivity contribution in [2.45, 2.75) is 70.6 Å². The summed E-state index contributed by atoms with van der Waals surface area (Å²) in [7, 11) is 0. The second-order valence-corrected chi connectivity index (χ2v) is 29.6. The number of fused-ring (bicyclic) bond motifs is 8. The number of hydrogen-bond donors (Lipinski definition) is 0. The SMILES string of the molecule is Cc1c[c-]c(-c2cc[c]([Ge]([CH3])([CH3])[CH3])cn2)cc1.Cc1cc(C(C)C)c(-n2c(-c3[c-]cc4sc5c(ccc6c7ccccc7ccc65)c4c3)nc3ccccc32)c(C(C)C)c1.[Ir]. The molecule has 61 heavy (non-hydrogen) atoms. The molecule has 3 aromatic heterocycles. The van der Waals surface area contributed by atoms with Crippen molar-refractivity contribution in [3.05, 3.63) is 168 Å². The molecule has 0 aliphatic carbocycles.